The summed E-state index contributed by atoms with van der Waals surface area (Å²) in [7, 11) is 0. The number of aromatic hydroxyl groups is 1. The van der Waals surface area contributed by atoms with Gasteiger partial charge in [-0.3, -0.25) is 9.69 Å². The number of aliphatic hydroxyl groups excluding tert-OH is 1. The Morgan fingerprint density at radius 2 is 2.09 bits per heavy atom. The molecule has 2 aliphatic rings. The third kappa shape index (κ3) is 2.79. The molecule has 2 fully saturated rings. The number of hydrogen-bond acceptors (Lipinski definition) is 5. The zero-order valence-electron chi connectivity index (χ0n) is 13.6. The first kappa shape index (κ1) is 15.6. The fraction of sp³-hybridized carbons (Fsp3) is 0.706. The van der Waals surface area contributed by atoms with Crippen LogP contribution < -0.4 is 5.43 Å². The van der Waals surface area contributed by atoms with Crippen molar-refractivity contribution in [2.75, 3.05) is 6.54 Å². The molecule has 1 saturated heterocycles. The van der Waals surface area contributed by atoms with Crippen LogP contribution >= 0.6 is 0 Å². The molecule has 122 valence electrons. The van der Waals surface area contributed by atoms with Crippen LogP contribution in [0.5, 0.6) is 5.75 Å². The number of nitrogens with zero attached hydrogens (tertiary/aromatic N) is 1. The van der Waals surface area contributed by atoms with Gasteiger partial charge in [-0.2, -0.15) is 0 Å². The number of aliphatic hydroxyl groups is 1. The highest BCUT2D eigenvalue weighted by Crippen LogP contribution is 2.52. The Morgan fingerprint density at radius 1 is 1.36 bits per heavy atom. The van der Waals surface area contributed by atoms with Crippen LogP contribution in [0.1, 0.15) is 51.6 Å². The molecular formula is C17H25NO4. The lowest BCUT2D eigenvalue weighted by Gasteiger charge is -2.39. The van der Waals surface area contributed by atoms with Crippen LogP contribution in [0.3, 0.4) is 0 Å². The molecule has 1 aromatic rings. The van der Waals surface area contributed by atoms with E-state index in [-0.39, 0.29) is 29.3 Å². The second kappa shape index (κ2) is 5.10. The Hall–Kier alpha value is -1.33. The minimum atomic E-state index is -0.487. The molecule has 1 aliphatic carbocycles. The van der Waals surface area contributed by atoms with Crippen LogP contribution in [0.25, 0.3) is 0 Å². The predicted octanol–water partition coefficient (Wildman–Crippen LogP) is 2.24. The van der Waals surface area contributed by atoms with Crippen molar-refractivity contribution < 1.29 is 14.6 Å². The molecule has 2 heterocycles. The van der Waals surface area contributed by atoms with E-state index >= 15 is 0 Å². The van der Waals surface area contributed by atoms with Crippen LogP contribution in [-0.4, -0.2) is 27.7 Å². The molecule has 22 heavy (non-hydrogen) atoms. The zero-order chi connectivity index (χ0) is 16.1. The SMILES string of the molecule is CC1(C)C[C@@H]2C[C@@](C)(CN2Cc2oc(CO)cc(=O)c2O)C1. The molecule has 0 spiro atoms. The molecule has 5 heteroatoms. The first-order valence-electron chi connectivity index (χ1n) is 7.91. The second-order valence-electron chi connectivity index (χ2n) is 8.13. The van der Waals surface area contributed by atoms with Gasteiger partial charge in [0.15, 0.2) is 5.76 Å². The van der Waals surface area contributed by atoms with Crippen LogP contribution in [0.4, 0.5) is 0 Å². The quantitative estimate of drug-likeness (QED) is 0.896. The molecular weight excluding hydrogens is 282 g/mol. The summed E-state index contributed by atoms with van der Waals surface area (Å²) in [5.74, 6) is 0.139. The topological polar surface area (TPSA) is 73.9 Å². The molecule has 0 radical (unpaired) electrons. The Labute approximate surface area is 130 Å². The Bertz CT molecular complexity index is 636. The van der Waals surface area contributed by atoms with E-state index in [0.29, 0.717) is 18.0 Å². The lowest BCUT2D eigenvalue weighted by Crippen LogP contribution is -2.34. The summed E-state index contributed by atoms with van der Waals surface area (Å²) >= 11 is 0. The van der Waals surface area contributed by atoms with E-state index in [9.17, 15) is 15.0 Å². The first-order chi connectivity index (χ1) is 10.2. The Balaban J connectivity index is 1.86. The molecule has 0 unspecified atom stereocenters. The van der Waals surface area contributed by atoms with Crippen molar-refractivity contribution in [3.05, 3.63) is 27.8 Å². The summed E-state index contributed by atoms with van der Waals surface area (Å²) in [6, 6.07) is 1.60. The van der Waals surface area contributed by atoms with E-state index in [1.807, 2.05) is 0 Å². The molecule has 3 rings (SSSR count). The Kier molecular flexibility index (Phi) is 3.61. The van der Waals surface area contributed by atoms with Crippen molar-refractivity contribution in [1.82, 2.24) is 4.90 Å². The monoisotopic (exact) mass is 307 g/mol. The van der Waals surface area contributed by atoms with Crippen molar-refractivity contribution in [3.8, 4) is 5.75 Å². The average Bonchev–Trinajstić information content (AvgIpc) is 2.63. The van der Waals surface area contributed by atoms with E-state index in [4.69, 9.17) is 4.42 Å². The van der Waals surface area contributed by atoms with Crippen LogP contribution in [0.2, 0.25) is 0 Å². The van der Waals surface area contributed by atoms with E-state index < -0.39 is 5.43 Å². The average molecular weight is 307 g/mol. The van der Waals surface area contributed by atoms with E-state index in [1.165, 1.54) is 6.42 Å². The second-order valence-corrected chi connectivity index (χ2v) is 8.13. The summed E-state index contributed by atoms with van der Waals surface area (Å²) in [5, 5.41) is 19.1. The third-order valence-electron chi connectivity index (χ3n) is 5.07. The number of hydrogen-bond donors (Lipinski definition) is 2. The predicted molar refractivity (Wildman–Crippen MR) is 82.5 cm³/mol. The zero-order valence-corrected chi connectivity index (χ0v) is 13.6. The molecule has 2 N–H and O–H groups in total. The number of rotatable bonds is 3. The van der Waals surface area contributed by atoms with E-state index in [1.54, 1.807) is 0 Å². The molecule has 1 aromatic heterocycles. The van der Waals surface area contributed by atoms with Crippen molar-refractivity contribution >= 4 is 0 Å². The number of likely N-dealkylation sites (tertiary alicyclic amines) is 1. The smallest absolute Gasteiger partial charge is 0.227 e. The maximum absolute atomic E-state index is 11.7. The molecule has 2 bridgehead atoms. The van der Waals surface area contributed by atoms with Crippen molar-refractivity contribution in [2.24, 2.45) is 10.8 Å². The fourth-order valence-electron chi connectivity index (χ4n) is 4.72. The van der Waals surface area contributed by atoms with Gasteiger partial charge in [0.25, 0.3) is 0 Å². The van der Waals surface area contributed by atoms with Gasteiger partial charge in [-0.15, -0.1) is 0 Å². The molecule has 0 aromatic carbocycles. The van der Waals surface area contributed by atoms with Gasteiger partial charge in [0.05, 0.1) is 6.54 Å². The number of fused-ring (bicyclic) bond motifs is 2. The van der Waals surface area contributed by atoms with E-state index in [0.717, 1.165) is 25.5 Å². The van der Waals surface area contributed by atoms with Crippen LogP contribution in [0.15, 0.2) is 15.3 Å². The standard InChI is InChI=1S/C17H25NO4/c1-16(2)5-11-6-17(3,9-16)10-18(11)7-14-15(21)13(20)4-12(8-19)22-14/h4,11,19,21H,5-10H2,1-3H3/t11-,17-/m1/s1. The minimum absolute atomic E-state index is 0.200. The van der Waals surface area contributed by atoms with Crippen molar-refractivity contribution in [3.63, 3.8) is 0 Å². The molecule has 0 amide bonds. The van der Waals surface area contributed by atoms with Gasteiger partial charge < -0.3 is 14.6 Å². The van der Waals surface area contributed by atoms with Crippen molar-refractivity contribution in [2.45, 2.75) is 59.2 Å². The van der Waals surface area contributed by atoms with Gasteiger partial charge in [-0.05, 0) is 30.1 Å². The van der Waals surface area contributed by atoms with Gasteiger partial charge in [0, 0.05) is 18.7 Å². The van der Waals surface area contributed by atoms with Crippen LogP contribution in [-0.2, 0) is 13.2 Å². The van der Waals surface area contributed by atoms with Gasteiger partial charge in [-0.25, -0.2) is 0 Å². The van der Waals surface area contributed by atoms with E-state index in [2.05, 4.69) is 25.7 Å². The minimum Gasteiger partial charge on any atom is -0.502 e. The summed E-state index contributed by atoms with van der Waals surface area (Å²) in [4.78, 5) is 14.1. The normalized spacial score (nSPS) is 30.6. The molecule has 2 atom stereocenters. The molecule has 1 saturated carbocycles. The van der Waals surface area contributed by atoms with Gasteiger partial charge in [0.1, 0.15) is 12.4 Å². The highest BCUT2D eigenvalue weighted by molar-refractivity contribution is 5.25. The molecule has 5 nitrogen and oxygen atoms in total. The molecule has 1 aliphatic heterocycles. The maximum Gasteiger partial charge on any atom is 0.227 e. The fourth-order valence-corrected chi connectivity index (χ4v) is 4.72. The van der Waals surface area contributed by atoms with Crippen LogP contribution in [0, 0.1) is 10.8 Å². The lowest BCUT2D eigenvalue weighted by atomic mass is 9.65. The van der Waals surface area contributed by atoms with Gasteiger partial charge in [-0.1, -0.05) is 20.8 Å². The largest absolute Gasteiger partial charge is 0.502 e. The summed E-state index contributed by atoms with van der Waals surface area (Å²) < 4.78 is 5.49. The summed E-state index contributed by atoms with van der Waals surface area (Å²) in [5.41, 5.74) is 0.123. The third-order valence-corrected chi connectivity index (χ3v) is 5.07. The highest BCUT2D eigenvalue weighted by atomic mass is 16.4. The Morgan fingerprint density at radius 3 is 2.77 bits per heavy atom. The first-order valence-corrected chi connectivity index (χ1v) is 7.91. The van der Waals surface area contributed by atoms with Gasteiger partial charge in [0.2, 0.25) is 11.2 Å². The maximum atomic E-state index is 11.7. The van der Waals surface area contributed by atoms with Gasteiger partial charge >= 0.3 is 0 Å². The van der Waals surface area contributed by atoms with Crippen molar-refractivity contribution in [1.29, 1.82) is 0 Å². The summed E-state index contributed by atoms with van der Waals surface area (Å²) in [6.07, 6.45) is 3.47. The highest BCUT2D eigenvalue weighted by Gasteiger charge is 2.49. The lowest BCUT2D eigenvalue weighted by molar-refractivity contribution is 0.124. The summed E-state index contributed by atoms with van der Waals surface area (Å²) in [6.45, 7) is 7.98.